The molecule has 288 valence electrons. The maximum absolute atomic E-state index is 14.7. The second-order valence-corrected chi connectivity index (χ2v) is 16.3. The van der Waals surface area contributed by atoms with E-state index in [2.05, 4.69) is 16.0 Å². The molecule has 11 nitrogen and oxygen atoms in total. The first-order valence-electron chi connectivity index (χ1n) is 17.3. The average Bonchev–Trinajstić information content (AvgIpc) is 3.49. The van der Waals surface area contributed by atoms with Crippen LogP contribution in [0.2, 0.25) is 5.02 Å². The first kappa shape index (κ1) is 41.0. The molecule has 3 aromatic carbocycles. The number of amides is 4. The van der Waals surface area contributed by atoms with Crippen molar-refractivity contribution in [2.24, 2.45) is 0 Å². The summed E-state index contributed by atoms with van der Waals surface area (Å²) >= 11 is 8.66. The Hall–Kier alpha value is -5.18. The molecule has 0 aliphatic carbocycles. The van der Waals surface area contributed by atoms with Gasteiger partial charge in [-0.3, -0.25) is 14.4 Å². The van der Waals surface area contributed by atoms with Gasteiger partial charge in [0.15, 0.2) is 0 Å². The maximum Gasteiger partial charge on any atom is 0.410 e. The molecule has 1 unspecified atom stereocenters. The molecule has 0 saturated carbocycles. The molecule has 2 heterocycles. The van der Waals surface area contributed by atoms with E-state index in [1.807, 2.05) is 0 Å². The summed E-state index contributed by atoms with van der Waals surface area (Å²) in [5.41, 5.74) is 0.632. The van der Waals surface area contributed by atoms with E-state index in [0.29, 0.717) is 28.5 Å². The van der Waals surface area contributed by atoms with Crippen molar-refractivity contribution >= 4 is 81.2 Å². The standard InChI is InChI=1S/C40H40ClFN4O7S2/c1-6-52-38(50)33-27-18-19-46(39(51)53-40(3,4)5)22-32(27)55-37(33)45-34(47)23(2)54-26-15-10-14-25(20-26)43-36(49)31(21-28-29(41)16-11-17-30(28)42)44-35(48)24-12-8-7-9-13-24/h7-17,20-21,23H,6,18-19,22H2,1-5H3,(H,43,49)(H,44,48)(H,45,47)/b31-21+. The number of carbonyl (C=O) groups excluding carboxylic acids is 5. The van der Waals surface area contributed by atoms with Crippen LogP contribution in [-0.4, -0.2) is 58.7 Å². The lowest BCUT2D eigenvalue weighted by atomic mass is 10.0. The second kappa shape index (κ2) is 18.0. The van der Waals surface area contributed by atoms with Gasteiger partial charge in [0.2, 0.25) is 5.91 Å². The van der Waals surface area contributed by atoms with Crippen molar-refractivity contribution in [2.45, 2.75) is 63.3 Å². The number of anilines is 2. The molecule has 55 heavy (non-hydrogen) atoms. The average molecular weight is 807 g/mol. The lowest BCUT2D eigenvalue weighted by Crippen LogP contribution is -2.39. The van der Waals surface area contributed by atoms with E-state index in [0.717, 1.165) is 10.4 Å². The number of thiophene rings is 1. The zero-order valence-electron chi connectivity index (χ0n) is 30.8. The molecule has 1 aromatic heterocycles. The van der Waals surface area contributed by atoms with Gasteiger partial charge in [0.1, 0.15) is 22.1 Å². The molecule has 0 fully saturated rings. The minimum absolute atomic E-state index is 0.0461. The number of nitrogens with zero attached hydrogens (tertiary/aromatic N) is 1. The lowest BCUT2D eigenvalue weighted by molar-refractivity contribution is -0.115. The fourth-order valence-electron chi connectivity index (χ4n) is 5.45. The predicted octanol–water partition coefficient (Wildman–Crippen LogP) is 8.54. The normalized spacial score (nSPS) is 13.3. The van der Waals surface area contributed by atoms with E-state index >= 15 is 0 Å². The van der Waals surface area contributed by atoms with Gasteiger partial charge in [-0.25, -0.2) is 14.0 Å². The van der Waals surface area contributed by atoms with E-state index in [9.17, 15) is 28.4 Å². The number of hydrogen-bond acceptors (Lipinski definition) is 9. The fraction of sp³-hybridized carbons (Fsp3) is 0.275. The summed E-state index contributed by atoms with van der Waals surface area (Å²) in [5.74, 6) is -2.96. The summed E-state index contributed by atoms with van der Waals surface area (Å²) in [6.07, 6.45) is 1.09. The molecule has 0 saturated heterocycles. The minimum atomic E-state index is -0.741. The highest BCUT2D eigenvalue weighted by Gasteiger charge is 2.33. The zero-order chi connectivity index (χ0) is 39.9. The van der Waals surface area contributed by atoms with Gasteiger partial charge in [0.05, 0.1) is 29.0 Å². The fourth-order valence-corrected chi connectivity index (χ4v) is 7.84. The van der Waals surface area contributed by atoms with Crippen molar-refractivity contribution in [3.8, 4) is 0 Å². The van der Waals surface area contributed by atoms with Crippen molar-refractivity contribution in [1.29, 1.82) is 0 Å². The monoisotopic (exact) mass is 806 g/mol. The van der Waals surface area contributed by atoms with Gasteiger partial charge in [0.25, 0.3) is 11.8 Å². The molecule has 1 atom stereocenters. The molecule has 4 amide bonds. The van der Waals surface area contributed by atoms with Crippen LogP contribution in [0.5, 0.6) is 0 Å². The molecular formula is C40H40ClFN4O7S2. The van der Waals surface area contributed by atoms with Crippen LogP contribution >= 0.6 is 34.7 Å². The van der Waals surface area contributed by atoms with Crippen molar-refractivity contribution < 1.29 is 37.8 Å². The molecule has 3 N–H and O–H groups in total. The topological polar surface area (TPSA) is 143 Å². The van der Waals surface area contributed by atoms with Crippen LogP contribution < -0.4 is 16.0 Å². The van der Waals surface area contributed by atoms with E-state index < -0.39 is 40.5 Å². The summed E-state index contributed by atoms with van der Waals surface area (Å²) in [6, 6.07) is 19.0. The highest BCUT2D eigenvalue weighted by atomic mass is 35.5. The summed E-state index contributed by atoms with van der Waals surface area (Å²) < 4.78 is 25.6. The summed E-state index contributed by atoms with van der Waals surface area (Å²) in [7, 11) is 0. The molecule has 0 radical (unpaired) electrons. The summed E-state index contributed by atoms with van der Waals surface area (Å²) in [4.78, 5) is 69.1. The Morgan fingerprint density at radius 1 is 1.02 bits per heavy atom. The number of benzene rings is 3. The molecule has 0 bridgehead atoms. The van der Waals surface area contributed by atoms with Crippen molar-refractivity contribution in [3.63, 3.8) is 0 Å². The Morgan fingerprint density at radius 2 is 1.75 bits per heavy atom. The molecule has 4 aromatic rings. The smallest absolute Gasteiger partial charge is 0.410 e. The van der Waals surface area contributed by atoms with Crippen LogP contribution in [0.3, 0.4) is 0 Å². The third-order valence-electron chi connectivity index (χ3n) is 8.02. The molecule has 15 heteroatoms. The van der Waals surface area contributed by atoms with Gasteiger partial charge in [-0.15, -0.1) is 23.1 Å². The van der Waals surface area contributed by atoms with E-state index in [-0.39, 0.29) is 46.5 Å². The van der Waals surface area contributed by atoms with Crippen molar-refractivity contribution in [3.05, 3.63) is 116 Å². The predicted molar refractivity (Wildman–Crippen MR) is 213 cm³/mol. The Labute approximate surface area is 331 Å². The van der Waals surface area contributed by atoms with E-state index in [1.165, 1.54) is 47.4 Å². The number of esters is 1. The largest absolute Gasteiger partial charge is 0.462 e. The third-order valence-corrected chi connectivity index (χ3v) is 10.6. The highest BCUT2D eigenvalue weighted by Crippen LogP contribution is 2.39. The summed E-state index contributed by atoms with van der Waals surface area (Å²) in [6.45, 7) is 9.48. The second-order valence-electron chi connectivity index (χ2n) is 13.3. The Kier molecular flexibility index (Phi) is 13.4. The number of nitrogens with one attached hydrogen (secondary N) is 3. The molecule has 1 aliphatic rings. The van der Waals surface area contributed by atoms with Gasteiger partial charge < -0.3 is 30.3 Å². The number of fused-ring (bicyclic) bond motifs is 1. The number of hydrogen-bond donors (Lipinski definition) is 3. The molecule has 5 rings (SSSR count). The van der Waals surface area contributed by atoms with Gasteiger partial charge in [-0.1, -0.05) is 41.9 Å². The number of carbonyl (C=O) groups is 5. The van der Waals surface area contributed by atoms with Gasteiger partial charge in [-0.2, -0.15) is 0 Å². The molecular weight excluding hydrogens is 767 g/mol. The Morgan fingerprint density at radius 3 is 2.44 bits per heavy atom. The molecule has 0 spiro atoms. The molecule has 1 aliphatic heterocycles. The van der Waals surface area contributed by atoms with Crippen LogP contribution in [0.15, 0.2) is 83.4 Å². The van der Waals surface area contributed by atoms with Crippen LogP contribution in [0.1, 0.15) is 71.3 Å². The SMILES string of the molecule is CCOC(=O)c1c(NC(=O)C(C)Sc2cccc(NC(=O)/C(=C\c3c(F)cccc3Cl)NC(=O)c3ccccc3)c2)sc2c1CCN(C(=O)OC(C)(C)C)C2. The first-order chi connectivity index (χ1) is 26.1. The van der Waals surface area contributed by atoms with E-state index in [1.54, 1.807) is 94.1 Å². The zero-order valence-corrected chi connectivity index (χ0v) is 33.2. The Bertz CT molecular complexity index is 2110. The van der Waals surface area contributed by atoms with Gasteiger partial charge in [0, 0.05) is 33.1 Å². The van der Waals surface area contributed by atoms with Crippen LogP contribution in [0.25, 0.3) is 6.08 Å². The number of thioether (sulfide) groups is 1. The number of rotatable bonds is 11. The van der Waals surface area contributed by atoms with Gasteiger partial charge in [-0.05, 0) is 95.1 Å². The van der Waals surface area contributed by atoms with Crippen LogP contribution in [-0.2, 0) is 32.0 Å². The van der Waals surface area contributed by atoms with Gasteiger partial charge >= 0.3 is 12.1 Å². The van der Waals surface area contributed by atoms with Crippen LogP contribution in [0.4, 0.5) is 19.9 Å². The van der Waals surface area contributed by atoms with Crippen molar-refractivity contribution in [2.75, 3.05) is 23.8 Å². The summed E-state index contributed by atoms with van der Waals surface area (Å²) in [5, 5.41) is 7.92. The quantitative estimate of drug-likeness (QED) is 0.0778. The maximum atomic E-state index is 14.7. The number of ether oxygens (including phenoxy) is 2. The third kappa shape index (κ3) is 10.7. The van der Waals surface area contributed by atoms with E-state index in [4.69, 9.17) is 21.1 Å². The lowest BCUT2D eigenvalue weighted by Gasteiger charge is -2.30. The van der Waals surface area contributed by atoms with Crippen molar-refractivity contribution in [1.82, 2.24) is 10.2 Å². The van der Waals surface area contributed by atoms with Crippen LogP contribution in [0, 0.1) is 5.82 Å². The minimum Gasteiger partial charge on any atom is -0.462 e. The number of halogens is 2. The Balaban J connectivity index is 1.31. The highest BCUT2D eigenvalue weighted by molar-refractivity contribution is 8.00. The first-order valence-corrected chi connectivity index (χ1v) is 19.4.